The maximum atomic E-state index is 11.8. The molecule has 0 aliphatic carbocycles. The Kier molecular flexibility index (Phi) is 7.63. The molecule has 7 heteroatoms. The van der Waals surface area contributed by atoms with Crippen molar-refractivity contribution in [3.63, 3.8) is 0 Å². The number of hydrogen-bond acceptors (Lipinski definition) is 6. The highest BCUT2D eigenvalue weighted by molar-refractivity contribution is 5.91. The third-order valence-corrected chi connectivity index (χ3v) is 2.53. The second kappa shape index (κ2) is 9.51. The van der Waals surface area contributed by atoms with Gasteiger partial charge in [0.1, 0.15) is 6.42 Å². The van der Waals surface area contributed by atoms with Crippen molar-refractivity contribution in [2.75, 3.05) is 6.54 Å². The lowest BCUT2D eigenvalue weighted by atomic mass is 10.2. The van der Waals surface area contributed by atoms with Crippen LogP contribution in [0.5, 0.6) is 0 Å². The van der Waals surface area contributed by atoms with E-state index in [-0.39, 0.29) is 0 Å². The van der Waals surface area contributed by atoms with Crippen LogP contribution in [-0.4, -0.2) is 24.4 Å². The van der Waals surface area contributed by atoms with Gasteiger partial charge in [-0.05, 0) is 13.0 Å². The molecule has 120 valence electrons. The molecule has 1 aromatic rings. The molecule has 0 radical (unpaired) electrons. The van der Waals surface area contributed by atoms with Crippen LogP contribution in [0.25, 0.3) is 0 Å². The molecular weight excluding hydrogens is 288 g/mol. The van der Waals surface area contributed by atoms with Gasteiger partial charge < -0.3 is 9.57 Å². The summed E-state index contributed by atoms with van der Waals surface area (Å²) in [6.07, 6.45) is -0.356. The number of esters is 1. The monoisotopic (exact) mass is 308 g/mol. The van der Waals surface area contributed by atoms with Gasteiger partial charge in [0.05, 0.1) is 0 Å². The summed E-state index contributed by atoms with van der Waals surface area (Å²) in [6, 6.07) is 9.14. The number of hydroxylamine groups is 1. The highest BCUT2D eigenvalue weighted by Gasteiger charge is 2.19. The van der Waals surface area contributed by atoms with E-state index in [4.69, 9.17) is 4.74 Å². The first-order valence-electron chi connectivity index (χ1n) is 6.97. The van der Waals surface area contributed by atoms with Crippen LogP contribution in [0.3, 0.4) is 0 Å². The van der Waals surface area contributed by atoms with Crippen molar-refractivity contribution in [1.29, 1.82) is 0 Å². The zero-order valence-corrected chi connectivity index (χ0v) is 12.6. The van der Waals surface area contributed by atoms with Crippen molar-refractivity contribution in [2.45, 2.75) is 32.9 Å². The molecule has 0 bridgehead atoms. The molecule has 0 saturated carbocycles. The Balaban J connectivity index is 2.56. The minimum Gasteiger partial charge on any atom is -0.442 e. The maximum absolute atomic E-state index is 11.8. The quantitative estimate of drug-likeness (QED) is 0.340. The molecule has 0 aliphatic heterocycles. The molecule has 1 amide bonds. The minimum atomic E-state index is -0.887. The van der Waals surface area contributed by atoms with Crippen LogP contribution in [0.1, 0.15) is 38.5 Å². The van der Waals surface area contributed by atoms with Gasteiger partial charge in [0, 0.05) is 12.5 Å². The van der Waals surface area contributed by atoms with Gasteiger partial charge in [0.2, 0.25) is 5.91 Å². The third-order valence-electron chi connectivity index (χ3n) is 2.53. The zero-order chi connectivity index (χ0) is 16.4. The van der Waals surface area contributed by atoms with Crippen molar-refractivity contribution in [1.82, 2.24) is 10.8 Å². The summed E-state index contributed by atoms with van der Waals surface area (Å²) in [5, 5.41) is 3.08. The first-order valence-corrected chi connectivity index (χ1v) is 6.97. The van der Waals surface area contributed by atoms with Gasteiger partial charge in [-0.25, -0.2) is 4.79 Å². The number of rotatable bonds is 7. The SMILES string of the molecule is CCCNC(OC(=O)CC(=O)ONC(C)=O)c1ccccc1. The highest BCUT2D eigenvalue weighted by atomic mass is 16.7. The predicted octanol–water partition coefficient (Wildman–Crippen LogP) is 1.21. The second-order valence-electron chi connectivity index (χ2n) is 4.54. The Hall–Kier alpha value is -2.41. The predicted molar refractivity (Wildman–Crippen MR) is 78.1 cm³/mol. The number of nitrogens with one attached hydrogen (secondary N) is 2. The Morgan fingerprint density at radius 3 is 2.41 bits per heavy atom. The number of carbonyl (C=O) groups is 3. The summed E-state index contributed by atoms with van der Waals surface area (Å²) in [7, 11) is 0. The number of amides is 1. The largest absolute Gasteiger partial charge is 0.442 e. The molecule has 1 rings (SSSR count). The van der Waals surface area contributed by atoms with E-state index in [0.29, 0.717) is 6.54 Å². The molecule has 0 spiro atoms. The first-order chi connectivity index (χ1) is 10.5. The van der Waals surface area contributed by atoms with E-state index >= 15 is 0 Å². The van der Waals surface area contributed by atoms with Crippen molar-refractivity contribution in [2.24, 2.45) is 0 Å². The smallest absolute Gasteiger partial charge is 0.343 e. The summed E-state index contributed by atoms with van der Waals surface area (Å²) in [5.74, 6) is -2.16. The molecule has 2 N–H and O–H groups in total. The van der Waals surface area contributed by atoms with Crippen LogP contribution in [0.4, 0.5) is 0 Å². The fourth-order valence-corrected chi connectivity index (χ4v) is 1.59. The van der Waals surface area contributed by atoms with Gasteiger partial charge in [0.25, 0.3) is 0 Å². The average Bonchev–Trinajstić information content (AvgIpc) is 2.50. The molecule has 0 fully saturated rings. The topological polar surface area (TPSA) is 93.7 Å². The van der Waals surface area contributed by atoms with Crippen molar-refractivity contribution >= 4 is 17.8 Å². The molecule has 7 nitrogen and oxygen atoms in total. The van der Waals surface area contributed by atoms with Gasteiger partial charge in [-0.1, -0.05) is 37.3 Å². The van der Waals surface area contributed by atoms with E-state index in [0.717, 1.165) is 12.0 Å². The van der Waals surface area contributed by atoms with Crippen molar-refractivity contribution in [3.8, 4) is 0 Å². The lowest BCUT2D eigenvalue weighted by molar-refractivity contribution is -0.165. The Labute approximate surface area is 128 Å². The Morgan fingerprint density at radius 1 is 1.14 bits per heavy atom. The van der Waals surface area contributed by atoms with Gasteiger partial charge in [0.15, 0.2) is 6.23 Å². The van der Waals surface area contributed by atoms with Crippen LogP contribution < -0.4 is 10.8 Å². The van der Waals surface area contributed by atoms with Crippen molar-refractivity contribution in [3.05, 3.63) is 35.9 Å². The van der Waals surface area contributed by atoms with Crippen LogP contribution in [-0.2, 0) is 24.0 Å². The van der Waals surface area contributed by atoms with Gasteiger partial charge in [-0.2, -0.15) is 5.48 Å². The summed E-state index contributed by atoms with van der Waals surface area (Å²) < 4.78 is 5.25. The van der Waals surface area contributed by atoms with Crippen LogP contribution >= 0.6 is 0 Å². The summed E-state index contributed by atoms with van der Waals surface area (Å²) >= 11 is 0. The molecule has 1 atom stereocenters. The molecule has 1 unspecified atom stereocenters. The van der Waals surface area contributed by atoms with E-state index in [1.54, 1.807) is 0 Å². The second-order valence-corrected chi connectivity index (χ2v) is 4.54. The molecular formula is C15H20N2O5. The molecule has 0 aliphatic rings. The number of benzene rings is 1. The Morgan fingerprint density at radius 2 is 1.82 bits per heavy atom. The number of ether oxygens (including phenoxy) is 1. The molecule has 22 heavy (non-hydrogen) atoms. The van der Waals surface area contributed by atoms with Gasteiger partial charge >= 0.3 is 11.9 Å². The van der Waals surface area contributed by atoms with Crippen LogP contribution in [0.2, 0.25) is 0 Å². The minimum absolute atomic E-state index is 0.534. The van der Waals surface area contributed by atoms with Gasteiger partial charge in [-0.15, -0.1) is 0 Å². The zero-order valence-electron chi connectivity index (χ0n) is 12.6. The van der Waals surface area contributed by atoms with E-state index < -0.39 is 30.5 Å². The lowest BCUT2D eigenvalue weighted by Gasteiger charge is -2.19. The van der Waals surface area contributed by atoms with E-state index in [2.05, 4.69) is 10.2 Å². The summed E-state index contributed by atoms with van der Waals surface area (Å²) in [6.45, 7) is 3.83. The number of hydrogen-bond donors (Lipinski definition) is 2. The van der Waals surface area contributed by atoms with Gasteiger partial charge in [-0.3, -0.25) is 14.9 Å². The third kappa shape index (κ3) is 6.85. The van der Waals surface area contributed by atoms with Crippen LogP contribution in [0, 0.1) is 0 Å². The molecule has 0 heterocycles. The standard InChI is InChI=1S/C15H20N2O5/c1-3-9-16-15(12-7-5-4-6-8-12)21-13(19)10-14(20)22-17-11(2)18/h4-8,15-16H,3,9-10H2,1-2H3,(H,17,18). The number of carbonyl (C=O) groups excluding carboxylic acids is 3. The highest BCUT2D eigenvalue weighted by Crippen LogP contribution is 2.15. The lowest BCUT2D eigenvalue weighted by Crippen LogP contribution is -2.30. The van der Waals surface area contributed by atoms with Crippen molar-refractivity contribution < 1.29 is 24.0 Å². The molecule has 1 aromatic carbocycles. The first kappa shape index (κ1) is 17.6. The average molecular weight is 308 g/mol. The summed E-state index contributed by atoms with van der Waals surface area (Å²) in [5.41, 5.74) is 2.64. The summed E-state index contributed by atoms with van der Waals surface area (Å²) in [4.78, 5) is 38.1. The van der Waals surface area contributed by atoms with E-state index in [9.17, 15) is 14.4 Å². The normalized spacial score (nSPS) is 11.4. The fourth-order valence-electron chi connectivity index (χ4n) is 1.59. The molecule has 0 aromatic heterocycles. The van der Waals surface area contributed by atoms with E-state index in [1.807, 2.05) is 42.7 Å². The molecule has 0 saturated heterocycles. The van der Waals surface area contributed by atoms with E-state index in [1.165, 1.54) is 6.92 Å². The fraction of sp³-hybridized carbons (Fsp3) is 0.400. The maximum Gasteiger partial charge on any atom is 0.343 e. The Bertz CT molecular complexity index is 504. The van der Waals surface area contributed by atoms with Crippen LogP contribution in [0.15, 0.2) is 30.3 Å².